The number of rotatable bonds is 19. The number of benzene rings is 2. The highest BCUT2D eigenvalue weighted by Crippen LogP contribution is 2.29. The number of aliphatic hydroxyl groups is 1. The molecular formula is C36H50N4O7. The van der Waals surface area contributed by atoms with E-state index in [1.165, 1.54) is 0 Å². The summed E-state index contributed by atoms with van der Waals surface area (Å²) in [5.74, 6) is -2.47. The Labute approximate surface area is 277 Å². The molecule has 3 rings (SSSR count). The zero-order chi connectivity index (χ0) is 34.6. The van der Waals surface area contributed by atoms with E-state index in [0.717, 1.165) is 11.1 Å². The standard InChI is InChI=1S/C36H50N4O7/c1-23(2)18-28(32(43)36(5)22-47-36)38-35(46)30(20-26-14-10-7-11-15-26)40-34(45)29(19-24(3)4)39-33(44)27(37-31(42)21-41)17-16-25-12-8-6-9-13-25/h6-15,23-24,27-30,41H,16-22H2,1-5H3,(H,37,42)(H,38,46)(H,39,44)(H,40,45)/t27-,28?,29?,30?,36?/m0/s1. The Morgan fingerprint density at radius 2 is 1.17 bits per heavy atom. The Hall–Kier alpha value is -4.09. The van der Waals surface area contributed by atoms with E-state index < -0.39 is 60.0 Å². The zero-order valence-corrected chi connectivity index (χ0v) is 28.1. The molecule has 0 saturated carbocycles. The molecule has 2 aromatic carbocycles. The van der Waals surface area contributed by atoms with Gasteiger partial charge in [-0.1, -0.05) is 88.4 Å². The lowest BCUT2D eigenvalue weighted by atomic mass is 9.93. The second-order valence-electron chi connectivity index (χ2n) is 13.3. The average Bonchev–Trinajstić information content (AvgIpc) is 3.80. The molecule has 47 heavy (non-hydrogen) atoms. The van der Waals surface area contributed by atoms with Gasteiger partial charge < -0.3 is 31.1 Å². The van der Waals surface area contributed by atoms with Crippen molar-refractivity contribution in [3.05, 3.63) is 71.8 Å². The van der Waals surface area contributed by atoms with Crippen LogP contribution < -0.4 is 21.3 Å². The van der Waals surface area contributed by atoms with Crippen LogP contribution in [0, 0.1) is 11.8 Å². The lowest BCUT2D eigenvalue weighted by molar-refractivity contribution is -0.135. The molecule has 0 radical (unpaired) electrons. The van der Waals surface area contributed by atoms with Crippen LogP contribution in [0.1, 0.15) is 65.0 Å². The summed E-state index contributed by atoms with van der Waals surface area (Å²) in [5.41, 5.74) is 0.834. The van der Waals surface area contributed by atoms with Crippen LogP contribution in [0.25, 0.3) is 0 Å². The van der Waals surface area contributed by atoms with E-state index >= 15 is 0 Å². The Kier molecular flexibility index (Phi) is 14.1. The van der Waals surface area contributed by atoms with Crippen molar-refractivity contribution in [3.8, 4) is 0 Å². The number of ketones is 1. The first-order chi connectivity index (χ1) is 22.3. The molecule has 0 aliphatic carbocycles. The second kappa shape index (κ2) is 17.7. The normalized spacial score (nSPS) is 18.0. The molecule has 1 aliphatic heterocycles. The van der Waals surface area contributed by atoms with Crippen molar-refractivity contribution in [1.82, 2.24) is 21.3 Å². The number of nitrogens with one attached hydrogen (secondary N) is 4. The average molecular weight is 651 g/mol. The maximum atomic E-state index is 13.8. The third-order valence-corrected chi connectivity index (χ3v) is 8.05. The van der Waals surface area contributed by atoms with Crippen LogP contribution in [-0.2, 0) is 41.6 Å². The third kappa shape index (κ3) is 12.2. The fourth-order valence-corrected chi connectivity index (χ4v) is 5.37. The summed E-state index contributed by atoms with van der Waals surface area (Å²) < 4.78 is 5.37. The maximum Gasteiger partial charge on any atom is 0.246 e. The molecule has 5 atom stereocenters. The summed E-state index contributed by atoms with van der Waals surface area (Å²) >= 11 is 0. The fraction of sp³-hybridized carbons (Fsp3) is 0.528. The van der Waals surface area contributed by atoms with Crippen molar-refractivity contribution in [2.45, 2.75) is 96.5 Å². The van der Waals surface area contributed by atoms with Crippen LogP contribution in [0.5, 0.6) is 0 Å². The predicted octanol–water partition coefficient (Wildman–Crippen LogP) is 2.24. The van der Waals surface area contributed by atoms with Crippen LogP contribution in [0.3, 0.4) is 0 Å². The Morgan fingerprint density at radius 1 is 0.702 bits per heavy atom. The van der Waals surface area contributed by atoms with Crippen molar-refractivity contribution in [2.75, 3.05) is 13.2 Å². The first-order valence-electron chi connectivity index (χ1n) is 16.4. The molecule has 1 heterocycles. The molecule has 2 aromatic rings. The molecule has 0 aromatic heterocycles. The molecule has 11 nitrogen and oxygen atoms in total. The van der Waals surface area contributed by atoms with E-state index in [4.69, 9.17) is 4.74 Å². The van der Waals surface area contributed by atoms with Crippen LogP contribution in [0.4, 0.5) is 0 Å². The van der Waals surface area contributed by atoms with Crippen molar-refractivity contribution in [1.29, 1.82) is 0 Å². The zero-order valence-electron chi connectivity index (χ0n) is 28.1. The SMILES string of the molecule is CC(C)CC(NC(=O)[C@H](CCc1ccccc1)NC(=O)CO)C(=O)NC(Cc1ccccc1)C(=O)NC(CC(C)C)C(=O)C1(C)CO1. The molecule has 5 N–H and O–H groups in total. The summed E-state index contributed by atoms with van der Waals surface area (Å²) in [5, 5.41) is 20.4. The number of aryl methyl sites for hydroxylation is 1. The molecule has 1 fully saturated rings. The highest BCUT2D eigenvalue weighted by Gasteiger charge is 2.50. The van der Waals surface area contributed by atoms with Crippen LogP contribution in [0.15, 0.2) is 60.7 Å². The quantitative estimate of drug-likeness (QED) is 0.146. The fourth-order valence-electron chi connectivity index (χ4n) is 5.37. The topological polar surface area (TPSA) is 166 Å². The first kappa shape index (κ1) is 37.4. The molecule has 11 heteroatoms. The van der Waals surface area contributed by atoms with Gasteiger partial charge in [-0.15, -0.1) is 0 Å². The Morgan fingerprint density at radius 3 is 1.70 bits per heavy atom. The van der Waals surface area contributed by atoms with Crippen molar-refractivity contribution in [3.63, 3.8) is 0 Å². The molecular weight excluding hydrogens is 600 g/mol. The first-order valence-corrected chi connectivity index (χ1v) is 16.4. The van der Waals surface area contributed by atoms with E-state index in [1.807, 2.05) is 88.4 Å². The minimum Gasteiger partial charge on any atom is -0.387 e. The van der Waals surface area contributed by atoms with Crippen LogP contribution >= 0.6 is 0 Å². The van der Waals surface area contributed by atoms with E-state index in [1.54, 1.807) is 6.92 Å². The largest absolute Gasteiger partial charge is 0.387 e. The smallest absolute Gasteiger partial charge is 0.246 e. The van der Waals surface area contributed by atoms with Gasteiger partial charge in [0.15, 0.2) is 5.78 Å². The lowest BCUT2D eigenvalue weighted by Gasteiger charge is -2.28. The Balaban J connectivity index is 1.81. The summed E-state index contributed by atoms with van der Waals surface area (Å²) in [6.45, 7) is 8.94. The summed E-state index contributed by atoms with van der Waals surface area (Å²) in [6.07, 6.45) is 1.55. The predicted molar refractivity (Wildman–Crippen MR) is 178 cm³/mol. The van der Waals surface area contributed by atoms with Crippen molar-refractivity contribution < 1.29 is 33.8 Å². The van der Waals surface area contributed by atoms with E-state index in [2.05, 4.69) is 21.3 Å². The van der Waals surface area contributed by atoms with Gasteiger partial charge in [-0.3, -0.25) is 24.0 Å². The third-order valence-electron chi connectivity index (χ3n) is 8.05. The van der Waals surface area contributed by atoms with Crippen LogP contribution in [-0.4, -0.2) is 77.5 Å². The highest BCUT2D eigenvalue weighted by molar-refractivity contribution is 5.98. The van der Waals surface area contributed by atoms with Gasteiger partial charge >= 0.3 is 0 Å². The maximum absolute atomic E-state index is 13.8. The highest BCUT2D eigenvalue weighted by atomic mass is 16.6. The van der Waals surface area contributed by atoms with Gasteiger partial charge in [0.1, 0.15) is 30.3 Å². The second-order valence-corrected chi connectivity index (χ2v) is 13.3. The van der Waals surface area contributed by atoms with Crippen molar-refractivity contribution >= 4 is 29.4 Å². The van der Waals surface area contributed by atoms with Gasteiger partial charge in [0.2, 0.25) is 23.6 Å². The van der Waals surface area contributed by atoms with E-state index in [9.17, 15) is 29.1 Å². The number of ether oxygens (including phenoxy) is 1. The molecule has 0 spiro atoms. The number of Topliss-reactive ketones (excluding diaryl/α,β-unsaturated/α-hetero) is 1. The van der Waals surface area contributed by atoms with E-state index in [-0.39, 0.29) is 36.9 Å². The number of amides is 4. The van der Waals surface area contributed by atoms with Gasteiger partial charge in [0, 0.05) is 6.42 Å². The number of aliphatic hydroxyl groups excluding tert-OH is 1. The number of epoxide rings is 1. The molecule has 1 saturated heterocycles. The molecule has 0 bridgehead atoms. The lowest BCUT2D eigenvalue weighted by Crippen LogP contribution is -2.59. The minimum absolute atomic E-state index is 0.00502. The summed E-state index contributed by atoms with van der Waals surface area (Å²) in [7, 11) is 0. The molecule has 1 aliphatic rings. The van der Waals surface area contributed by atoms with Crippen molar-refractivity contribution in [2.24, 2.45) is 11.8 Å². The number of carbonyl (C=O) groups excluding carboxylic acids is 5. The Bertz CT molecular complexity index is 1350. The van der Waals surface area contributed by atoms with Gasteiger partial charge in [-0.05, 0) is 55.6 Å². The van der Waals surface area contributed by atoms with E-state index in [0.29, 0.717) is 19.4 Å². The molecule has 256 valence electrons. The van der Waals surface area contributed by atoms with Crippen LogP contribution in [0.2, 0.25) is 0 Å². The number of hydrogen-bond donors (Lipinski definition) is 5. The minimum atomic E-state index is -1.05. The summed E-state index contributed by atoms with van der Waals surface area (Å²) in [4.78, 5) is 66.5. The number of carbonyl (C=O) groups is 5. The molecule has 4 unspecified atom stereocenters. The van der Waals surface area contributed by atoms with Gasteiger partial charge in [0.25, 0.3) is 0 Å². The van der Waals surface area contributed by atoms with Gasteiger partial charge in [-0.2, -0.15) is 0 Å². The number of hydrogen-bond acceptors (Lipinski definition) is 7. The molecule has 4 amide bonds. The van der Waals surface area contributed by atoms with Gasteiger partial charge in [0.05, 0.1) is 12.6 Å². The monoisotopic (exact) mass is 650 g/mol. The van der Waals surface area contributed by atoms with Gasteiger partial charge in [-0.25, -0.2) is 0 Å². The summed E-state index contributed by atoms with van der Waals surface area (Å²) in [6, 6.07) is 14.8.